The molecule has 28 heavy (non-hydrogen) atoms. The molecule has 0 aliphatic rings. The number of anilines is 1. The highest BCUT2D eigenvalue weighted by atomic mass is 16.6. The van der Waals surface area contributed by atoms with Gasteiger partial charge in [0, 0.05) is 17.8 Å². The number of nitrogens with zero attached hydrogens (tertiary/aromatic N) is 2. The van der Waals surface area contributed by atoms with Crippen molar-refractivity contribution in [1.29, 1.82) is 0 Å². The molecule has 0 aromatic heterocycles. The Balaban J connectivity index is 2.30. The van der Waals surface area contributed by atoms with E-state index >= 15 is 0 Å². The van der Waals surface area contributed by atoms with Gasteiger partial charge in [-0.2, -0.15) is 0 Å². The van der Waals surface area contributed by atoms with Gasteiger partial charge in [-0.15, -0.1) is 0 Å². The van der Waals surface area contributed by atoms with E-state index in [0.717, 1.165) is 11.1 Å². The van der Waals surface area contributed by atoms with Crippen LogP contribution in [0, 0.1) is 10.1 Å². The minimum Gasteiger partial charge on any atom is -0.464 e. The van der Waals surface area contributed by atoms with E-state index in [-0.39, 0.29) is 18.9 Å². The number of rotatable bonds is 7. The molecule has 0 fully saturated rings. The van der Waals surface area contributed by atoms with E-state index in [1.54, 1.807) is 57.2 Å². The van der Waals surface area contributed by atoms with Crippen molar-refractivity contribution in [2.24, 2.45) is 0 Å². The van der Waals surface area contributed by atoms with Gasteiger partial charge < -0.3 is 9.47 Å². The summed E-state index contributed by atoms with van der Waals surface area (Å²) in [4.78, 5) is 36.0. The third kappa shape index (κ3) is 4.85. The highest BCUT2D eigenvalue weighted by Crippen LogP contribution is 2.26. The molecule has 0 spiro atoms. The molecular weight excluding hydrogens is 364 g/mol. The summed E-state index contributed by atoms with van der Waals surface area (Å²) in [6, 6.07) is 12.2. The topological polar surface area (TPSA) is 99.0 Å². The first-order valence-electron chi connectivity index (χ1n) is 8.86. The fourth-order valence-corrected chi connectivity index (χ4v) is 2.64. The van der Waals surface area contributed by atoms with E-state index < -0.39 is 23.0 Å². The van der Waals surface area contributed by atoms with Crippen LogP contribution in [0.3, 0.4) is 0 Å². The summed E-state index contributed by atoms with van der Waals surface area (Å²) in [5, 5.41) is 10.8. The van der Waals surface area contributed by atoms with Crippen LogP contribution in [0.5, 0.6) is 0 Å². The van der Waals surface area contributed by atoms with Gasteiger partial charge in [-0.05, 0) is 56.2 Å². The number of non-ortho nitro benzene ring substituents is 1. The maximum Gasteiger partial charge on any atom is 0.415 e. The van der Waals surface area contributed by atoms with Crippen molar-refractivity contribution in [3.05, 3.63) is 58.6 Å². The number of amides is 1. The minimum absolute atomic E-state index is 0.0112. The van der Waals surface area contributed by atoms with E-state index in [1.807, 2.05) is 0 Å². The summed E-state index contributed by atoms with van der Waals surface area (Å²) in [5.41, 5.74) is 2.09. The largest absolute Gasteiger partial charge is 0.464 e. The second-order valence-corrected chi connectivity index (χ2v) is 5.85. The summed E-state index contributed by atoms with van der Waals surface area (Å²) < 4.78 is 10.1. The number of benzene rings is 2. The Morgan fingerprint density at radius 1 is 0.964 bits per heavy atom. The highest BCUT2D eigenvalue weighted by molar-refractivity contribution is 5.95. The first-order valence-corrected chi connectivity index (χ1v) is 8.86. The van der Waals surface area contributed by atoms with Crippen LogP contribution in [0.2, 0.25) is 0 Å². The van der Waals surface area contributed by atoms with Crippen LogP contribution in [0.15, 0.2) is 48.5 Å². The molecule has 8 nitrogen and oxygen atoms in total. The van der Waals surface area contributed by atoms with Crippen LogP contribution in [0.4, 0.5) is 16.2 Å². The molecule has 0 aliphatic heterocycles. The summed E-state index contributed by atoms with van der Waals surface area (Å²) in [6.45, 7) is 5.32. The molecule has 8 heteroatoms. The normalized spacial score (nSPS) is 11.4. The van der Waals surface area contributed by atoms with Gasteiger partial charge in [0.2, 0.25) is 0 Å². The quantitative estimate of drug-likeness (QED) is 0.402. The maximum absolute atomic E-state index is 12.4. The summed E-state index contributed by atoms with van der Waals surface area (Å²) in [5.74, 6) is -0.532. The van der Waals surface area contributed by atoms with Crippen LogP contribution < -0.4 is 4.90 Å². The Morgan fingerprint density at radius 2 is 1.46 bits per heavy atom. The van der Waals surface area contributed by atoms with Crippen molar-refractivity contribution in [1.82, 2.24) is 0 Å². The maximum atomic E-state index is 12.4. The smallest absolute Gasteiger partial charge is 0.415 e. The molecule has 0 bridgehead atoms. The monoisotopic (exact) mass is 386 g/mol. The highest BCUT2D eigenvalue weighted by Gasteiger charge is 2.29. The third-order valence-corrected chi connectivity index (χ3v) is 4.04. The number of carbonyl (C=O) groups excluding carboxylic acids is 2. The van der Waals surface area contributed by atoms with Crippen molar-refractivity contribution >= 4 is 23.4 Å². The second-order valence-electron chi connectivity index (χ2n) is 5.85. The first-order chi connectivity index (χ1) is 13.4. The third-order valence-electron chi connectivity index (χ3n) is 4.04. The molecule has 0 radical (unpaired) electrons. The Bertz CT molecular complexity index is 833. The molecule has 2 aromatic carbocycles. The zero-order chi connectivity index (χ0) is 20.7. The number of nitro groups is 1. The average Bonchev–Trinajstić information content (AvgIpc) is 2.69. The Labute approximate surface area is 162 Å². The fraction of sp³-hybridized carbons (Fsp3) is 0.300. The molecule has 0 N–H and O–H groups in total. The molecular formula is C20H22N2O6. The van der Waals surface area contributed by atoms with Gasteiger partial charge in [0.25, 0.3) is 5.69 Å². The van der Waals surface area contributed by atoms with Crippen molar-refractivity contribution < 1.29 is 24.0 Å². The zero-order valence-electron chi connectivity index (χ0n) is 16.0. The molecule has 1 amide bonds. The van der Waals surface area contributed by atoms with Crippen LogP contribution >= 0.6 is 0 Å². The second kappa shape index (κ2) is 9.50. The average molecular weight is 386 g/mol. The van der Waals surface area contributed by atoms with Gasteiger partial charge in [0.1, 0.15) is 6.04 Å². The Morgan fingerprint density at radius 3 is 1.93 bits per heavy atom. The van der Waals surface area contributed by atoms with Gasteiger partial charge in [0.15, 0.2) is 0 Å². The van der Waals surface area contributed by atoms with Gasteiger partial charge >= 0.3 is 12.1 Å². The van der Waals surface area contributed by atoms with E-state index in [2.05, 4.69) is 0 Å². The number of ether oxygens (including phenoxy) is 2. The van der Waals surface area contributed by atoms with Gasteiger partial charge in [-0.3, -0.25) is 15.0 Å². The SMILES string of the molecule is CCOC(=O)C(C)N(C(=O)OCC)c1ccc(-c2ccc([N+](=O)[O-])cc2)cc1. The molecule has 2 aromatic rings. The lowest BCUT2D eigenvalue weighted by molar-refractivity contribution is -0.384. The summed E-state index contributed by atoms with van der Waals surface area (Å²) in [6.07, 6.45) is -0.647. The van der Waals surface area contributed by atoms with E-state index in [4.69, 9.17) is 9.47 Å². The van der Waals surface area contributed by atoms with Crippen LogP contribution in [-0.2, 0) is 14.3 Å². The lowest BCUT2D eigenvalue weighted by atomic mass is 10.0. The number of esters is 1. The number of hydrogen-bond donors (Lipinski definition) is 0. The van der Waals surface area contributed by atoms with Crippen LogP contribution in [0.1, 0.15) is 20.8 Å². The van der Waals surface area contributed by atoms with Crippen molar-refractivity contribution in [3.8, 4) is 11.1 Å². The van der Waals surface area contributed by atoms with E-state index in [0.29, 0.717) is 5.69 Å². The summed E-state index contributed by atoms with van der Waals surface area (Å²) in [7, 11) is 0. The molecule has 0 saturated carbocycles. The lowest BCUT2D eigenvalue weighted by Gasteiger charge is -2.27. The molecule has 2 rings (SSSR count). The molecule has 148 valence electrons. The first kappa shape index (κ1) is 20.9. The number of hydrogen-bond acceptors (Lipinski definition) is 6. The molecule has 0 aliphatic carbocycles. The predicted octanol–water partition coefficient (Wildman–Crippen LogP) is 4.18. The molecule has 0 heterocycles. The zero-order valence-corrected chi connectivity index (χ0v) is 16.0. The Kier molecular flexibility index (Phi) is 7.08. The van der Waals surface area contributed by atoms with Crippen molar-refractivity contribution in [2.75, 3.05) is 18.1 Å². The fourth-order valence-electron chi connectivity index (χ4n) is 2.64. The molecule has 1 unspecified atom stereocenters. The van der Waals surface area contributed by atoms with Gasteiger partial charge in [-0.25, -0.2) is 9.59 Å². The standard InChI is InChI=1S/C20H22N2O6/c1-4-27-19(23)14(3)21(20(24)28-5-2)17-10-6-15(7-11-17)16-8-12-18(13-9-16)22(25)26/h6-14H,4-5H2,1-3H3. The summed E-state index contributed by atoms with van der Waals surface area (Å²) >= 11 is 0. The molecule has 0 saturated heterocycles. The minimum atomic E-state index is -0.857. The predicted molar refractivity (Wildman–Crippen MR) is 104 cm³/mol. The van der Waals surface area contributed by atoms with E-state index in [1.165, 1.54) is 17.0 Å². The van der Waals surface area contributed by atoms with Gasteiger partial charge in [0.05, 0.1) is 18.1 Å². The van der Waals surface area contributed by atoms with Crippen molar-refractivity contribution in [3.63, 3.8) is 0 Å². The van der Waals surface area contributed by atoms with Crippen LogP contribution in [-0.4, -0.2) is 36.2 Å². The number of carbonyl (C=O) groups is 2. The lowest BCUT2D eigenvalue weighted by Crippen LogP contribution is -2.44. The number of nitro benzene ring substituents is 1. The van der Waals surface area contributed by atoms with E-state index in [9.17, 15) is 19.7 Å². The molecule has 1 atom stereocenters. The van der Waals surface area contributed by atoms with Crippen molar-refractivity contribution in [2.45, 2.75) is 26.8 Å². The van der Waals surface area contributed by atoms with Gasteiger partial charge in [-0.1, -0.05) is 12.1 Å². The Hall–Kier alpha value is -3.42. The van der Waals surface area contributed by atoms with Crippen LogP contribution in [0.25, 0.3) is 11.1 Å².